The van der Waals surface area contributed by atoms with E-state index in [0.717, 1.165) is 5.56 Å². The number of benzene rings is 2. The van der Waals surface area contributed by atoms with E-state index in [2.05, 4.69) is 10.5 Å². The number of halogens is 1. The molecule has 0 bridgehead atoms. The third-order valence-corrected chi connectivity index (χ3v) is 2.95. The minimum atomic E-state index is -0.279. The highest BCUT2D eigenvalue weighted by atomic mass is 19.1. The van der Waals surface area contributed by atoms with Crippen molar-refractivity contribution in [3.05, 3.63) is 59.4 Å². The number of hydrogen-bond donors (Lipinski definition) is 1. The molecule has 0 atom stereocenters. The lowest BCUT2D eigenvalue weighted by Gasteiger charge is -2.13. The molecule has 0 fully saturated rings. The van der Waals surface area contributed by atoms with Gasteiger partial charge in [0.2, 0.25) is 0 Å². The summed E-state index contributed by atoms with van der Waals surface area (Å²) < 4.78 is 24.9. The highest BCUT2D eigenvalue weighted by molar-refractivity contribution is 5.80. The average Bonchev–Trinajstić information content (AvgIpc) is 2.53. The first kappa shape index (κ1) is 15.8. The lowest BCUT2D eigenvalue weighted by Crippen LogP contribution is -2.02. The molecule has 0 aliphatic rings. The van der Waals surface area contributed by atoms with Crippen molar-refractivity contribution >= 4 is 6.21 Å². The largest absolute Gasteiger partial charge is 0.490 e. The van der Waals surface area contributed by atoms with Crippen LogP contribution in [0.5, 0.6) is 11.5 Å². The van der Waals surface area contributed by atoms with E-state index in [0.29, 0.717) is 23.7 Å². The molecule has 2 aromatic carbocycles. The standard InChI is InChI=1S/C17H19FN2O2/c1-3-21-17-10-13(11-20-19-2)8-9-16(17)22-12-14-6-4-5-7-15(14)18/h4-11,19H,3,12H2,1-2H3/b20-11+. The molecule has 0 saturated heterocycles. The van der Waals surface area contributed by atoms with E-state index in [-0.39, 0.29) is 12.4 Å². The Morgan fingerprint density at radius 1 is 1.14 bits per heavy atom. The van der Waals surface area contributed by atoms with Gasteiger partial charge in [-0.05, 0) is 36.8 Å². The summed E-state index contributed by atoms with van der Waals surface area (Å²) in [5.74, 6) is 0.906. The van der Waals surface area contributed by atoms with Gasteiger partial charge in [-0.25, -0.2) is 4.39 Å². The third kappa shape index (κ3) is 4.22. The van der Waals surface area contributed by atoms with E-state index in [4.69, 9.17) is 9.47 Å². The highest BCUT2D eigenvalue weighted by Crippen LogP contribution is 2.29. The number of nitrogens with one attached hydrogen (secondary N) is 1. The number of hydrogen-bond acceptors (Lipinski definition) is 4. The summed E-state index contributed by atoms with van der Waals surface area (Å²) in [6.07, 6.45) is 1.68. The quantitative estimate of drug-likeness (QED) is 0.630. The number of ether oxygens (including phenoxy) is 2. The van der Waals surface area contributed by atoms with Gasteiger partial charge in [0.15, 0.2) is 11.5 Å². The van der Waals surface area contributed by atoms with Crippen molar-refractivity contribution in [3.8, 4) is 11.5 Å². The van der Waals surface area contributed by atoms with Crippen LogP contribution in [0.15, 0.2) is 47.6 Å². The van der Waals surface area contributed by atoms with Crippen LogP contribution in [0.1, 0.15) is 18.1 Å². The zero-order valence-electron chi connectivity index (χ0n) is 12.7. The SMILES string of the molecule is CCOc1cc(/C=N/NC)ccc1OCc1ccccc1F. The van der Waals surface area contributed by atoms with Crippen LogP contribution in [-0.4, -0.2) is 19.9 Å². The molecule has 0 aliphatic carbocycles. The van der Waals surface area contributed by atoms with E-state index in [1.807, 2.05) is 19.1 Å². The van der Waals surface area contributed by atoms with Crippen LogP contribution in [0.25, 0.3) is 0 Å². The Balaban J connectivity index is 2.15. The maximum Gasteiger partial charge on any atom is 0.161 e. The molecule has 0 saturated carbocycles. The Bertz CT molecular complexity index is 644. The van der Waals surface area contributed by atoms with Crippen molar-refractivity contribution in [3.63, 3.8) is 0 Å². The zero-order valence-corrected chi connectivity index (χ0v) is 12.7. The Morgan fingerprint density at radius 3 is 2.68 bits per heavy atom. The van der Waals surface area contributed by atoms with Gasteiger partial charge >= 0.3 is 0 Å². The second-order valence-corrected chi connectivity index (χ2v) is 4.50. The van der Waals surface area contributed by atoms with Crippen LogP contribution >= 0.6 is 0 Å². The molecule has 0 aromatic heterocycles. The first-order valence-electron chi connectivity index (χ1n) is 7.07. The number of rotatable bonds is 7. The average molecular weight is 302 g/mol. The minimum Gasteiger partial charge on any atom is -0.490 e. The van der Waals surface area contributed by atoms with Crippen molar-refractivity contribution in [2.24, 2.45) is 5.10 Å². The van der Waals surface area contributed by atoms with Gasteiger partial charge in [0.1, 0.15) is 12.4 Å². The van der Waals surface area contributed by atoms with E-state index in [1.165, 1.54) is 6.07 Å². The smallest absolute Gasteiger partial charge is 0.161 e. The maximum absolute atomic E-state index is 13.6. The van der Waals surface area contributed by atoms with Gasteiger partial charge in [-0.2, -0.15) is 5.10 Å². The molecule has 0 radical (unpaired) electrons. The summed E-state index contributed by atoms with van der Waals surface area (Å²) in [7, 11) is 1.73. The van der Waals surface area contributed by atoms with E-state index in [1.54, 1.807) is 37.5 Å². The van der Waals surface area contributed by atoms with Gasteiger partial charge in [0, 0.05) is 12.6 Å². The highest BCUT2D eigenvalue weighted by Gasteiger charge is 2.08. The van der Waals surface area contributed by atoms with Gasteiger partial charge in [-0.3, -0.25) is 0 Å². The molecule has 2 aromatic rings. The zero-order chi connectivity index (χ0) is 15.8. The van der Waals surface area contributed by atoms with Crippen LogP contribution in [0.3, 0.4) is 0 Å². The maximum atomic E-state index is 13.6. The lowest BCUT2D eigenvalue weighted by atomic mass is 10.2. The summed E-state index contributed by atoms with van der Waals surface area (Å²) in [4.78, 5) is 0. The molecule has 4 nitrogen and oxygen atoms in total. The molecule has 0 spiro atoms. The van der Waals surface area contributed by atoms with Crippen LogP contribution in [0, 0.1) is 5.82 Å². The van der Waals surface area contributed by atoms with Gasteiger partial charge in [-0.15, -0.1) is 0 Å². The summed E-state index contributed by atoms with van der Waals surface area (Å²) >= 11 is 0. The number of hydrazone groups is 1. The molecule has 0 aliphatic heterocycles. The van der Waals surface area contributed by atoms with Crippen LogP contribution in [0.4, 0.5) is 4.39 Å². The number of nitrogens with zero attached hydrogens (tertiary/aromatic N) is 1. The molecular formula is C17H19FN2O2. The lowest BCUT2D eigenvalue weighted by molar-refractivity contribution is 0.266. The van der Waals surface area contributed by atoms with Gasteiger partial charge in [0.25, 0.3) is 0 Å². The molecule has 5 heteroatoms. The predicted molar refractivity (Wildman–Crippen MR) is 85.0 cm³/mol. The molecule has 1 N–H and O–H groups in total. The Kier molecular flexibility index (Phi) is 5.77. The van der Waals surface area contributed by atoms with E-state index in [9.17, 15) is 4.39 Å². The molecule has 116 valence electrons. The fourth-order valence-electron chi connectivity index (χ4n) is 1.90. The summed E-state index contributed by atoms with van der Waals surface area (Å²) in [5.41, 5.74) is 4.08. The second kappa shape index (κ2) is 8.02. The second-order valence-electron chi connectivity index (χ2n) is 4.50. The topological polar surface area (TPSA) is 42.8 Å². The van der Waals surface area contributed by atoms with E-state index < -0.39 is 0 Å². The fourth-order valence-corrected chi connectivity index (χ4v) is 1.90. The molecular weight excluding hydrogens is 283 g/mol. The van der Waals surface area contributed by atoms with E-state index >= 15 is 0 Å². The molecule has 22 heavy (non-hydrogen) atoms. The monoisotopic (exact) mass is 302 g/mol. The summed E-state index contributed by atoms with van der Waals surface area (Å²) in [6.45, 7) is 2.56. The molecule has 0 unspecified atom stereocenters. The molecule has 0 heterocycles. The van der Waals surface area contributed by atoms with Crippen LogP contribution < -0.4 is 14.9 Å². The molecule has 0 amide bonds. The Morgan fingerprint density at radius 2 is 1.95 bits per heavy atom. The Hall–Kier alpha value is -2.56. The molecule has 2 rings (SSSR count). The van der Waals surface area contributed by atoms with Crippen molar-refractivity contribution < 1.29 is 13.9 Å². The van der Waals surface area contributed by atoms with Gasteiger partial charge < -0.3 is 14.9 Å². The minimum absolute atomic E-state index is 0.150. The van der Waals surface area contributed by atoms with Crippen LogP contribution in [0.2, 0.25) is 0 Å². The first-order chi connectivity index (χ1) is 10.7. The van der Waals surface area contributed by atoms with Crippen molar-refractivity contribution in [2.75, 3.05) is 13.7 Å². The fraction of sp³-hybridized carbons (Fsp3) is 0.235. The van der Waals surface area contributed by atoms with Crippen molar-refractivity contribution in [1.82, 2.24) is 5.43 Å². The first-order valence-corrected chi connectivity index (χ1v) is 7.07. The van der Waals surface area contributed by atoms with Crippen molar-refractivity contribution in [1.29, 1.82) is 0 Å². The Labute approximate surface area is 129 Å². The summed E-state index contributed by atoms with van der Waals surface area (Å²) in [5, 5.41) is 3.96. The third-order valence-electron chi connectivity index (χ3n) is 2.95. The predicted octanol–water partition coefficient (Wildman–Crippen LogP) is 3.36. The van der Waals surface area contributed by atoms with Gasteiger partial charge in [-0.1, -0.05) is 18.2 Å². The summed E-state index contributed by atoms with van der Waals surface area (Å²) in [6, 6.07) is 12.0. The van der Waals surface area contributed by atoms with Crippen molar-refractivity contribution in [2.45, 2.75) is 13.5 Å². The normalized spacial score (nSPS) is 10.7. The van der Waals surface area contributed by atoms with Gasteiger partial charge in [0.05, 0.1) is 12.8 Å². The van der Waals surface area contributed by atoms with Crippen LogP contribution in [-0.2, 0) is 6.61 Å².